The van der Waals surface area contributed by atoms with Crippen LogP contribution in [-0.2, 0) is 0 Å². The third kappa shape index (κ3) is 4.36. The summed E-state index contributed by atoms with van der Waals surface area (Å²) in [5, 5.41) is 6.02. The van der Waals surface area contributed by atoms with Gasteiger partial charge in [-0.2, -0.15) is 0 Å². The standard InChI is InChI=1S/C20H20N4O2/c1-13-4-6-15(7-5-13)23-19-12-18(21-14(2)22-19)20(25)24-16-8-10-17(26-3)11-9-16/h4-12H,1-3H3,(H,24,25)(H,21,22,23). The molecule has 0 unspecified atom stereocenters. The summed E-state index contributed by atoms with van der Waals surface area (Å²) in [6, 6.07) is 16.7. The molecule has 3 aromatic rings. The number of carbonyl (C=O) groups excluding carboxylic acids is 1. The summed E-state index contributed by atoms with van der Waals surface area (Å²) >= 11 is 0. The van der Waals surface area contributed by atoms with Gasteiger partial charge >= 0.3 is 0 Å². The fourth-order valence-corrected chi connectivity index (χ4v) is 2.40. The molecule has 2 aromatic carbocycles. The predicted molar refractivity (Wildman–Crippen MR) is 102 cm³/mol. The number of benzene rings is 2. The van der Waals surface area contributed by atoms with E-state index >= 15 is 0 Å². The van der Waals surface area contributed by atoms with Gasteiger partial charge in [-0.05, 0) is 50.2 Å². The molecule has 0 radical (unpaired) electrons. The van der Waals surface area contributed by atoms with E-state index in [2.05, 4.69) is 20.6 Å². The van der Waals surface area contributed by atoms with E-state index in [1.54, 1.807) is 44.4 Å². The molecule has 0 bridgehead atoms. The largest absolute Gasteiger partial charge is 0.497 e. The lowest BCUT2D eigenvalue weighted by Crippen LogP contribution is -2.15. The van der Waals surface area contributed by atoms with Gasteiger partial charge in [-0.1, -0.05) is 17.7 Å². The average Bonchev–Trinajstić information content (AvgIpc) is 2.64. The van der Waals surface area contributed by atoms with Crippen LogP contribution in [0, 0.1) is 13.8 Å². The highest BCUT2D eigenvalue weighted by molar-refractivity contribution is 6.03. The van der Waals surface area contributed by atoms with Gasteiger partial charge in [0.25, 0.3) is 5.91 Å². The van der Waals surface area contributed by atoms with E-state index in [0.717, 1.165) is 11.4 Å². The zero-order valence-corrected chi connectivity index (χ0v) is 14.9. The number of methoxy groups -OCH3 is 1. The molecule has 0 saturated carbocycles. The number of nitrogens with zero attached hydrogens (tertiary/aromatic N) is 2. The molecule has 1 heterocycles. The smallest absolute Gasteiger partial charge is 0.274 e. The first kappa shape index (κ1) is 17.4. The number of rotatable bonds is 5. The summed E-state index contributed by atoms with van der Waals surface area (Å²) in [5.74, 6) is 1.52. The summed E-state index contributed by atoms with van der Waals surface area (Å²) in [4.78, 5) is 21.1. The predicted octanol–water partition coefficient (Wildman–Crippen LogP) is 4.10. The Morgan fingerprint density at radius 3 is 2.23 bits per heavy atom. The number of nitrogens with one attached hydrogen (secondary N) is 2. The molecular formula is C20H20N4O2. The highest BCUT2D eigenvalue weighted by Gasteiger charge is 2.11. The molecule has 0 atom stereocenters. The van der Waals surface area contributed by atoms with E-state index in [0.29, 0.717) is 23.0 Å². The zero-order valence-electron chi connectivity index (χ0n) is 14.9. The average molecular weight is 348 g/mol. The van der Waals surface area contributed by atoms with Crippen LogP contribution in [0.25, 0.3) is 0 Å². The molecule has 6 nitrogen and oxygen atoms in total. The molecule has 0 saturated heterocycles. The van der Waals surface area contributed by atoms with Crippen molar-refractivity contribution in [2.24, 2.45) is 0 Å². The number of aromatic nitrogens is 2. The van der Waals surface area contributed by atoms with Crippen molar-refractivity contribution in [2.45, 2.75) is 13.8 Å². The lowest BCUT2D eigenvalue weighted by Gasteiger charge is -2.10. The molecule has 0 spiro atoms. The van der Waals surface area contributed by atoms with Crippen molar-refractivity contribution >= 4 is 23.1 Å². The molecule has 0 aliphatic heterocycles. The second kappa shape index (κ2) is 7.65. The first-order chi connectivity index (χ1) is 12.5. The monoisotopic (exact) mass is 348 g/mol. The summed E-state index contributed by atoms with van der Waals surface area (Å²) in [5.41, 5.74) is 3.03. The van der Waals surface area contributed by atoms with E-state index in [9.17, 15) is 4.79 Å². The van der Waals surface area contributed by atoms with Gasteiger partial charge in [0.05, 0.1) is 7.11 Å². The van der Waals surface area contributed by atoms with Crippen molar-refractivity contribution in [3.8, 4) is 5.75 Å². The van der Waals surface area contributed by atoms with Crippen LogP contribution in [0.2, 0.25) is 0 Å². The zero-order chi connectivity index (χ0) is 18.5. The SMILES string of the molecule is COc1ccc(NC(=O)c2cc(Nc3ccc(C)cc3)nc(C)n2)cc1. The van der Waals surface area contributed by atoms with Gasteiger partial charge in [0.2, 0.25) is 0 Å². The molecule has 1 amide bonds. The number of hydrogen-bond acceptors (Lipinski definition) is 5. The van der Waals surface area contributed by atoms with Crippen LogP contribution in [0.3, 0.4) is 0 Å². The molecule has 0 fully saturated rings. The van der Waals surface area contributed by atoms with E-state index < -0.39 is 0 Å². The molecule has 132 valence electrons. The van der Waals surface area contributed by atoms with Gasteiger partial charge in [0.15, 0.2) is 0 Å². The Morgan fingerprint density at radius 1 is 0.923 bits per heavy atom. The fraction of sp³-hybridized carbons (Fsp3) is 0.150. The third-order valence-corrected chi connectivity index (χ3v) is 3.74. The van der Waals surface area contributed by atoms with Crippen LogP contribution in [-0.4, -0.2) is 23.0 Å². The normalized spacial score (nSPS) is 10.3. The fourth-order valence-electron chi connectivity index (χ4n) is 2.40. The minimum Gasteiger partial charge on any atom is -0.497 e. The summed E-state index contributed by atoms with van der Waals surface area (Å²) < 4.78 is 5.11. The number of anilines is 3. The third-order valence-electron chi connectivity index (χ3n) is 3.74. The highest BCUT2D eigenvalue weighted by atomic mass is 16.5. The van der Waals surface area contributed by atoms with Crippen LogP contribution in [0.1, 0.15) is 21.9 Å². The lowest BCUT2D eigenvalue weighted by molar-refractivity contribution is 0.102. The Hall–Kier alpha value is -3.41. The van der Waals surface area contributed by atoms with Gasteiger partial charge in [0, 0.05) is 17.4 Å². The summed E-state index contributed by atoms with van der Waals surface area (Å²) in [6.45, 7) is 3.78. The van der Waals surface area contributed by atoms with E-state index in [4.69, 9.17) is 4.74 Å². The molecular weight excluding hydrogens is 328 g/mol. The molecule has 3 rings (SSSR count). The van der Waals surface area contributed by atoms with Crippen molar-refractivity contribution in [3.63, 3.8) is 0 Å². The van der Waals surface area contributed by atoms with Gasteiger partial charge < -0.3 is 15.4 Å². The van der Waals surface area contributed by atoms with Crippen LogP contribution in [0.5, 0.6) is 5.75 Å². The Morgan fingerprint density at radius 2 is 1.58 bits per heavy atom. The van der Waals surface area contributed by atoms with Crippen molar-refractivity contribution in [2.75, 3.05) is 17.7 Å². The first-order valence-corrected chi connectivity index (χ1v) is 8.18. The lowest BCUT2D eigenvalue weighted by atomic mass is 10.2. The second-order valence-corrected chi connectivity index (χ2v) is 5.86. The molecule has 26 heavy (non-hydrogen) atoms. The van der Waals surface area contributed by atoms with Crippen LogP contribution >= 0.6 is 0 Å². The highest BCUT2D eigenvalue weighted by Crippen LogP contribution is 2.18. The molecule has 0 aliphatic rings. The van der Waals surface area contributed by atoms with E-state index in [1.807, 2.05) is 31.2 Å². The van der Waals surface area contributed by atoms with E-state index in [1.165, 1.54) is 5.56 Å². The number of amides is 1. The Bertz CT molecular complexity index is 906. The molecule has 6 heteroatoms. The number of aryl methyl sites for hydroxylation is 2. The maximum atomic E-state index is 12.5. The van der Waals surface area contributed by atoms with Gasteiger partial charge in [-0.25, -0.2) is 9.97 Å². The molecule has 2 N–H and O–H groups in total. The number of carbonyl (C=O) groups is 1. The molecule has 1 aromatic heterocycles. The molecule has 0 aliphatic carbocycles. The van der Waals surface area contributed by atoms with Crippen LogP contribution in [0.4, 0.5) is 17.2 Å². The van der Waals surface area contributed by atoms with Crippen molar-refractivity contribution in [1.82, 2.24) is 9.97 Å². The number of hydrogen-bond donors (Lipinski definition) is 2. The second-order valence-electron chi connectivity index (χ2n) is 5.86. The quantitative estimate of drug-likeness (QED) is 0.726. The minimum atomic E-state index is -0.298. The first-order valence-electron chi connectivity index (χ1n) is 8.18. The summed E-state index contributed by atoms with van der Waals surface area (Å²) in [7, 11) is 1.60. The Labute approximate surface area is 152 Å². The Kier molecular flexibility index (Phi) is 5.12. The van der Waals surface area contributed by atoms with Gasteiger partial charge in [-0.3, -0.25) is 4.79 Å². The van der Waals surface area contributed by atoms with Crippen molar-refractivity contribution < 1.29 is 9.53 Å². The topological polar surface area (TPSA) is 76.1 Å². The van der Waals surface area contributed by atoms with Gasteiger partial charge in [0.1, 0.15) is 23.1 Å². The van der Waals surface area contributed by atoms with Crippen LogP contribution in [0.15, 0.2) is 54.6 Å². The van der Waals surface area contributed by atoms with Crippen LogP contribution < -0.4 is 15.4 Å². The minimum absolute atomic E-state index is 0.294. The van der Waals surface area contributed by atoms with E-state index in [-0.39, 0.29) is 5.91 Å². The van der Waals surface area contributed by atoms with Crippen molar-refractivity contribution in [3.05, 3.63) is 71.7 Å². The van der Waals surface area contributed by atoms with Gasteiger partial charge in [-0.15, -0.1) is 0 Å². The maximum Gasteiger partial charge on any atom is 0.274 e. The maximum absolute atomic E-state index is 12.5. The number of ether oxygens (including phenoxy) is 1. The Balaban J connectivity index is 1.77. The summed E-state index contributed by atoms with van der Waals surface area (Å²) in [6.07, 6.45) is 0. The van der Waals surface area contributed by atoms with Crippen molar-refractivity contribution in [1.29, 1.82) is 0 Å².